The monoisotopic (exact) mass is 322 g/mol. The SMILES string of the molecule is CCNC(Cc1ccc(C)cc1)c1c(Br)nnn1C. The average molecular weight is 323 g/mol. The molecule has 0 saturated heterocycles. The van der Waals surface area contributed by atoms with Gasteiger partial charge in [0.15, 0.2) is 4.60 Å². The molecule has 1 unspecified atom stereocenters. The van der Waals surface area contributed by atoms with E-state index >= 15 is 0 Å². The number of hydrogen-bond acceptors (Lipinski definition) is 3. The molecule has 0 amide bonds. The molecule has 4 nitrogen and oxygen atoms in total. The third-order valence-electron chi connectivity index (χ3n) is 3.17. The molecule has 0 aliphatic carbocycles. The molecule has 0 aliphatic heterocycles. The van der Waals surface area contributed by atoms with E-state index in [1.807, 2.05) is 11.7 Å². The molecule has 0 bridgehead atoms. The first-order valence-electron chi connectivity index (χ1n) is 6.45. The zero-order valence-electron chi connectivity index (χ0n) is 11.5. The van der Waals surface area contributed by atoms with Crippen LogP contribution >= 0.6 is 15.9 Å². The maximum atomic E-state index is 4.06. The lowest BCUT2D eigenvalue weighted by molar-refractivity contribution is 0.505. The molecule has 102 valence electrons. The summed E-state index contributed by atoms with van der Waals surface area (Å²) in [7, 11) is 1.92. The standard InChI is InChI=1S/C14H19BrN4/c1-4-16-12(13-14(15)17-18-19(13)3)9-11-7-5-10(2)6-8-11/h5-8,12,16H,4,9H2,1-3H3. The molecule has 0 saturated carbocycles. The highest BCUT2D eigenvalue weighted by atomic mass is 79.9. The Hall–Kier alpha value is -1.20. The number of nitrogens with zero attached hydrogens (tertiary/aromatic N) is 3. The van der Waals surface area contributed by atoms with Crippen LogP contribution in [-0.2, 0) is 13.5 Å². The van der Waals surface area contributed by atoms with Gasteiger partial charge in [-0.15, -0.1) is 5.10 Å². The molecule has 5 heteroatoms. The van der Waals surface area contributed by atoms with Crippen molar-refractivity contribution in [2.24, 2.45) is 7.05 Å². The Morgan fingerprint density at radius 2 is 2.00 bits per heavy atom. The van der Waals surface area contributed by atoms with Gasteiger partial charge in [-0.25, -0.2) is 4.68 Å². The molecule has 1 atom stereocenters. The Balaban J connectivity index is 2.23. The van der Waals surface area contributed by atoms with Crippen molar-refractivity contribution < 1.29 is 0 Å². The summed E-state index contributed by atoms with van der Waals surface area (Å²) in [6.07, 6.45) is 0.925. The van der Waals surface area contributed by atoms with Crippen molar-refractivity contribution in [1.82, 2.24) is 20.3 Å². The van der Waals surface area contributed by atoms with Crippen LogP contribution in [0.4, 0.5) is 0 Å². The van der Waals surface area contributed by atoms with Gasteiger partial charge in [0.25, 0.3) is 0 Å². The number of nitrogens with one attached hydrogen (secondary N) is 1. The predicted octanol–water partition coefficient (Wildman–Crippen LogP) is 2.78. The Morgan fingerprint density at radius 1 is 1.32 bits per heavy atom. The third-order valence-corrected chi connectivity index (χ3v) is 3.73. The van der Waals surface area contributed by atoms with E-state index in [0.29, 0.717) is 0 Å². The lowest BCUT2D eigenvalue weighted by atomic mass is 10.0. The van der Waals surface area contributed by atoms with E-state index in [-0.39, 0.29) is 6.04 Å². The van der Waals surface area contributed by atoms with Crippen LogP contribution in [0.25, 0.3) is 0 Å². The lowest BCUT2D eigenvalue weighted by Crippen LogP contribution is -2.25. The first-order chi connectivity index (χ1) is 9.11. The van der Waals surface area contributed by atoms with Crippen LogP contribution in [-0.4, -0.2) is 21.5 Å². The fraction of sp³-hybridized carbons (Fsp3) is 0.429. The topological polar surface area (TPSA) is 42.7 Å². The van der Waals surface area contributed by atoms with Crippen LogP contribution in [0.1, 0.15) is 29.8 Å². The summed E-state index contributed by atoms with van der Waals surface area (Å²) in [4.78, 5) is 0. The van der Waals surface area contributed by atoms with Crippen LogP contribution in [0.15, 0.2) is 28.9 Å². The van der Waals surface area contributed by atoms with Gasteiger partial charge in [-0.2, -0.15) is 0 Å². The highest BCUT2D eigenvalue weighted by molar-refractivity contribution is 9.10. The molecule has 1 aromatic heterocycles. The second kappa shape index (κ2) is 6.30. The molecule has 1 N–H and O–H groups in total. The molecular weight excluding hydrogens is 304 g/mol. The first kappa shape index (κ1) is 14.2. The summed E-state index contributed by atoms with van der Waals surface area (Å²) >= 11 is 3.48. The molecular formula is C14H19BrN4. The van der Waals surface area contributed by atoms with E-state index in [4.69, 9.17) is 0 Å². The van der Waals surface area contributed by atoms with E-state index in [1.165, 1.54) is 11.1 Å². The van der Waals surface area contributed by atoms with E-state index < -0.39 is 0 Å². The highest BCUT2D eigenvalue weighted by Crippen LogP contribution is 2.24. The number of likely N-dealkylation sites (N-methyl/N-ethyl adjacent to an activating group) is 1. The van der Waals surface area contributed by atoms with Gasteiger partial charge >= 0.3 is 0 Å². The molecule has 0 radical (unpaired) electrons. The van der Waals surface area contributed by atoms with Crippen molar-refractivity contribution in [2.45, 2.75) is 26.3 Å². The molecule has 1 heterocycles. The van der Waals surface area contributed by atoms with Gasteiger partial charge in [0, 0.05) is 7.05 Å². The van der Waals surface area contributed by atoms with Gasteiger partial charge in [0.1, 0.15) is 0 Å². The molecule has 2 aromatic rings. The average Bonchev–Trinajstić information content (AvgIpc) is 2.71. The second-order valence-electron chi connectivity index (χ2n) is 4.69. The molecule has 2 rings (SSSR count). The van der Waals surface area contributed by atoms with Crippen LogP contribution in [0, 0.1) is 6.92 Å². The highest BCUT2D eigenvalue weighted by Gasteiger charge is 2.19. The summed E-state index contributed by atoms with van der Waals surface area (Å²) in [6.45, 7) is 5.13. The van der Waals surface area contributed by atoms with Gasteiger partial charge in [0.2, 0.25) is 0 Å². The summed E-state index contributed by atoms with van der Waals surface area (Å²) in [5, 5.41) is 11.6. The quantitative estimate of drug-likeness (QED) is 0.920. The summed E-state index contributed by atoms with van der Waals surface area (Å²) in [5.41, 5.74) is 3.68. The van der Waals surface area contributed by atoms with Crippen molar-refractivity contribution in [2.75, 3.05) is 6.54 Å². The lowest BCUT2D eigenvalue weighted by Gasteiger charge is -2.18. The van der Waals surface area contributed by atoms with Gasteiger partial charge in [-0.05, 0) is 41.4 Å². The smallest absolute Gasteiger partial charge is 0.153 e. The zero-order chi connectivity index (χ0) is 13.8. The van der Waals surface area contributed by atoms with Crippen molar-refractivity contribution >= 4 is 15.9 Å². The van der Waals surface area contributed by atoms with Crippen LogP contribution in [0.2, 0.25) is 0 Å². The number of rotatable bonds is 5. The van der Waals surface area contributed by atoms with E-state index in [1.54, 1.807) is 0 Å². The number of hydrogen-bond donors (Lipinski definition) is 1. The molecule has 0 aliphatic rings. The molecule has 0 spiro atoms. The summed E-state index contributed by atoms with van der Waals surface area (Å²) in [6, 6.07) is 8.86. The number of aromatic nitrogens is 3. The molecule has 0 fully saturated rings. The minimum Gasteiger partial charge on any atom is -0.309 e. The van der Waals surface area contributed by atoms with Gasteiger partial charge in [-0.3, -0.25) is 0 Å². The first-order valence-corrected chi connectivity index (χ1v) is 7.25. The zero-order valence-corrected chi connectivity index (χ0v) is 13.1. The minimum atomic E-state index is 0.210. The fourth-order valence-electron chi connectivity index (χ4n) is 2.18. The largest absolute Gasteiger partial charge is 0.309 e. The second-order valence-corrected chi connectivity index (χ2v) is 5.44. The van der Waals surface area contributed by atoms with Gasteiger partial charge in [0.05, 0.1) is 11.7 Å². The van der Waals surface area contributed by atoms with Crippen molar-refractivity contribution in [3.8, 4) is 0 Å². The maximum absolute atomic E-state index is 4.06. The Morgan fingerprint density at radius 3 is 2.53 bits per heavy atom. The van der Waals surface area contributed by atoms with Crippen LogP contribution in [0.5, 0.6) is 0 Å². The Labute approximate surface area is 122 Å². The van der Waals surface area contributed by atoms with Crippen LogP contribution < -0.4 is 5.32 Å². The summed E-state index contributed by atoms with van der Waals surface area (Å²) in [5.74, 6) is 0. The normalized spacial score (nSPS) is 12.6. The van der Waals surface area contributed by atoms with Crippen molar-refractivity contribution in [3.05, 3.63) is 45.7 Å². The van der Waals surface area contributed by atoms with E-state index in [9.17, 15) is 0 Å². The van der Waals surface area contributed by atoms with Crippen molar-refractivity contribution in [1.29, 1.82) is 0 Å². The Kier molecular flexibility index (Phi) is 4.71. The van der Waals surface area contributed by atoms with E-state index in [0.717, 1.165) is 23.3 Å². The van der Waals surface area contributed by atoms with Crippen LogP contribution in [0.3, 0.4) is 0 Å². The van der Waals surface area contributed by atoms with Crippen molar-refractivity contribution in [3.63, 3.8) is 0 Å². The molecule has 19 heavy (non-hydrogen) atoms. The fourth-order valence-corrected chi connectivity index (χ4v) is 2.78. The molecule has 1 aromatic carbocycles. The Bertz CT molecular complexity index is 513. The summed E-state index contributed by atoms with van der Waals surface area (Å²) < 4.78 is 2.64. The third kappa shape index (κ3) is 3.42. The van der Waals surface area contributed by atoms with Gasteiger partial charge < -0.3 is 5.32 Å². The van der Waals surface area contributed by atoms with Gasteiger partial charge in [-0.1, -0.05) is 42.0 Å². The predicted molar refractivity (Wildman–Crippen MR) is 80.0 cm³/mol. The minimum absolute atomic E-state index is 0.210. The number of benzene rings is 1. The number of aryl methyl sites for hydroxylation is 2. The van der Waals surface area contributed by atoms with E-state index in [2.05, 4.69) is 69.7 Å². The maximum Gasteiger partial charge on any atom is 0.153 e. The number of halogens is 1.